The molecule has 1 spiro atoms. The molecule has 1 saturated carbocycles. The SMILES string of the molecule is CC(C)Cn1cc([C@@H]2NCC23CCCC3)cn1. The van der Waals surface area contributed by atoms with Gasteiger partial charge in [-0.05, 0) is 18.8 Å². The van der Waals surface area contributed by atoms with Crippen molar-refractivity contribution >= 4 is 0 Å². The van der Waals surface area contributed by atoms with E-state index in [1.165, 1.54) is 37.8 Å². The molecule has 2 heterocycles. The summed E-state index contributed by atoms with van der Waals surface area (Å²) in [6.45, 7) is 6.72. The molecule has 0 radical (unpaired) electrons. The van der Waals surface area contributed by atoms with Crippen LogP contribution < -0.4 is 5.32 Å². The Balaban J connectivity index is 1.74. The standard InChI is InChI=1S/C14H23N3/c1-11(2)8-17-9-12(7-16-17)13-14(10-15-13)5-3-4-6-14/h7,9,11,13,15H,3-6,8,10H2,1-2H3/t13-/m0/s1. The Hall–Kier alpha value is -0.830. The smallest absolute Gasteiger partial charge is 0.0537 e. The van der Waals surface area contributed by atoms with Crippen LogP contribution in [0, 0.1) is 11.3 Å². The Labute approximate surface area is 104 Å². The van der Waals surface area contributed by atoms with Gasteiger partial charge in [0.1, 0.15) is 0 Å². The second-order valence-corrected chi connectivity index (χ2v) is 6.27. The second kappa shape index (κ2) is 4.13. The molecule has 1 aliphatic heterocycles. The molecule has 1 aromatic heterocycles. The molecule has 1 N–H and O–H groups in total. The van der Waals surface area contributed by atoms with Gasteiger partial charge in [0.15, 0.2) is 0 Å². The lowest BCUT2D eigenvalue weighted by Crippen LogP contribution is -2.54. The lowest BCUT2D eigenvalue weighted by Gasteiger charge is -2.48. The van der Waals surface area contributed by atoms with Crippen LogP contribution in [0.3, 0.4) is 0 Å². The van der Waals surface area contributed by atoms with Gasteiger partial charge in [-0.3, -0.25) is 4.68 Å². The molecule has 3 rings (SSSR count). The van der Waals surface area contributed by atoms with Crippen LogP contribution >= 0.6 is 0 Å². The summed E-state index contributed by atoms with van der Waals surface area (Å²) >= 11 is 0. The third kappa shape index (κ3) is 1.90. The van der Waals surface area contributed by atoms with Gasteiger partial charge in [-0.2, -0.15) is 5.10 Å². The topological polar surface area (TPSA) is 29.9 Å². The maximum absolute atomic E-state index is 4.49. The number of nitrogens with zero attached hydrogens (tertiary/aromatic N) is 2. The first-order valence-electron chi connectivity index (χ1n) is 6.95. The van der Waals surface area contributed by atoms with Crippen molar-refractivity contribution in [2.24, 2.45) is 11.3 Å². The Morgan fingerprint density at radius 1 is 1.47 bits per heavy atom. The van der Waals surface area contributed by atoms with E-state index in [4.69, 9.17) is 0 Å². The highest BCUT2D eigenvalue weighted by Crippen LogP contribution is 2.52. The molecule has 2 fully saturated rings. The monoisotopic (exact) mass is 233 g/mol. The van der Waals surface area contributed by atoms with E-state index in [1.54, 1.807) is 0 Å². The summed E-state index contributed by atoms with van der Waals surface area (Å²) in [5.74, 6) is 0.664. The minimum absolute atomic E-state index is 0.575. The van der Waals surface area contributed by atoms with Gasteiger partial charge in [-0.25, -0.2) is 0 Å². The number of hydrogen-bond donors (Lipinski definition) is 1. The highest BCUT2D eigenvalue weighted by molar-refractivity contribution is 5.21. The molecule has 0 bridgehead atoms. The summed E-state index contributed by atoms with van der Waals surface area (Å²) in [5.41, 5.74) is 1.98. The third-order valence-corrected chi connectivity index (χ3v) is 4.41. The normalized spacial score (nSPS) is 26.6. The van der Waals surface area contributed by atoms with Gasteiger partial charge in [0.05, 0.1) is 6.20 Å². The first-order chi connectivity index (χ1) is 8.20. The predicted octanol–water partition coefficient (Wildman–Crippen LogP) is 2.74. The van der Waals surface area contributed by atoms with Crippen molar-refractivity contribution in [1.82, 2.24) is 15.1 Å². The van der Waals surface area contributed by atoms with E-state index in [-0.39, 0.29) is 0 Å². The maximum Gasteiger partial charge on any atom is 0.0537 e. The Morgan fingerprint density at radius 3 is 2.82 bits per heavy atom. The lowest BCUT2D eigenvalue weighted by molar-refractivity contribution is 0.0893. The van der Waals surface area contributed by atoms with Crippen LogP contribution in [0.25, 0.3) is 0 Å². The van der Waals surface area contributed by atoms with Crippen molar-refractivity contribution in [3.05, 3.63) is 18.0 Å². The average Bonchev–Trinajstić information content (AvgIpc) is 2.85. The van der Waals surface area contributed by atoms with Crippen molar-refractivity contribution in [3.8, 4) is 0 Å². The molecular weight excluding hydrogens is 210 g/mol. The average molecular weight is 233 g/mol. The van der Waals surface area contributed by atoms with Crippen LogP contribution in [0.15, 0.2) is 12.4 Å². The van der Waals surface area contributed by atoms with E-state index in [1.807, 2.05) is 0 Å². The summed E-state index contributed by atoms with van der Waals surface area (Å²) in [7, 11) is 0. The zero-order valence-corrected chi connectivity index (χ0v) is 10.9. The van der Waals surface area contributed by atoms with Crippen molar-refractivity contribution in [2.75, 3.05) is 6.54 Å². The molecule has 0 amide bonds. The largest absolute Gasteiger partial charge is 0.309 e. The second-order valence-electron chi connectivity index (χ2n) is 6.27. The summed E-state index contributed by atoms with van der Waals surface area (Å²) in [4.78, 5) is 0. The van der Waals surface area contributed by atoms with E-state index >= 15 is 0 Å². The van der Waals surface area contributed by atoms with Crippen molar-refractivity contribution in [3.63, 3.8) is 0 Å². The summed E-state index contributed by atoms with van der Waals surface area (Å²) < 4.78 is 2.10. The summed E-state index contributed by atoms with van der Waals surface area (Å²) in [5, 5.41) is 8.10. The number of aromatic nitrogens is 2. The molecule has 17 heavy (non-hydrogen) atoms. The van der Waals surface area contributed by atoms with Crippen LogP contribution in [-0.2, 0) is 6.54 Å². The van der Waals surface area contributed by atoms with Gasteiger partial charge >= 0.3 is 0 Å². The van der Waals surface area contributed by atoms with Crippen LogP contribution in [0.4, 0.5) is 0 Å². The molecule has 2 aliphatic rings. The van der Waals surface area contributed by atoms with Gasteiger partial charge in [-0.1, -0.05) is 26.7 Å². The van der Waals surface area contributed by atoms with Crippen LogP contribution in [-0.4, -0.2) is 16.3 Å². The van der Waals surface area contributed by atoms with Gasteiger partial charge in [0.25, 0.3) is 0 Å². The number of rotatable bonds is 3. The highest BCUT2D eigenvalue weighted by Gasteiger charge is 2.48. The molecule has 3 heteroatoms. The molecule has 3 nitrogen and oxygen atoms in total. The fourth-order valence-electron chi connectivity index (χ4n) is 3.51. The molecule has 1 saturated heterocycles. The number of nitrogens with one attached hydrogen (secondary N) is 1. The molecule has 1 atom stereocenters. The first kappa shape index (κ1) is 11.3. The highest BCUT2D eigenvalue weighted by atomic mass is 15.3. The predicted molar refractivity (Wildman–Crippen MR) is 68.7 cm³/mol. The number of hydrogen-bond acceptors (Lipinski definition) is 2. The Kier molecular flexibility index (Phi) is 2.74. The zero-order valence-electron chi connectivity index (χ0n) is 10.9. The van der Waals surface area contributed by atoms with E-state index in [0.29, 0.717) is 17.4 Å². The molecule has 1 aromatic rings. The van der Waals surface area contributed by atoms with Gasteiger partial charge in [0, 0.05) is 36.3 Å². The van der Waals surface area contributed by atoms with Crippen LogP contribution in [0.5, 0.6) is 0 Å². The minimum Gasteiger partial charge on any atom is -0.309 e. The maximum atomic E-state index is 4.49. The van der Waals surface area contributed by atoms with E-state index < -0.39 is 0 Å². The van der Waals surface area contributed by atoms with Crippen LogP contribution in [0.1, 0.15) is 51.1 Å². The first-order valence-corrected chi connectivity index (χ1v) is 6.95. The summed E-state index contributed by atoms with van der Waals surface area (Å²) in [6.07, 6.45) is 9.95. The van der Waals surface area contributed by atoms with E-state index in [0.717, 1.165) is 6.54 Å². The Bertz CT molecular complexity index is 388. The van der Waals surface area contributed by atoms with Crippen molar-refractivity contribution in [2.45, 2.75) is 52.1 Å². The zero-order chi connectivity index (χ0) is 11.9. The Morgan fingerprint density at radius 2 is 2.24 bits per heavy atom. The van der Waals surface area contributed by atoms with Gasteiger partial charge in [0.2, 0.25) is 0 Å². The van der Waals surface area contributed by atoms with Crippen molar-refractivity contribution in [1.29, 1.82) is 0 Å². The fraction of sp³-hybridized carbons (Fsp3) is 0.786. The fourth-order valence-corrected chi connectivity index (χ4v) is 3.51. The van der Waals surface area contributed by atoms with Gasteiger partial charge in [-0.15, -0.1) is 0 Å². The van der Waals surface area contributed by atoms with Gasteiger partial charge < -0.3 is 5.32 Å². The molecule has 1 aliphatic carbocycles. The molecular formula is C14H23N3. The quantitative estimate of drug-likeness (QED) is 0.870. The summed E-state index contributed by atoms with van der Waals surface area (Å²) in [6, 6.07) is 0.575. The lowest BCUT2D eigenvalue weighted by atomic mass is 9.70. The molecule has 94 valence electrons. The molecule has 0 aromatic carbocycles. The molecule has 0 unspecified atom stereocenters. The van der Waals surface area contributed by atoms with Crippen LogP contribution in [0.2, 0.25) is 0 Å². The third-order valence-electron chi connectivity index (χ3n) is 4.41. The minimum atomic E-state index is 0.575. The van der Waals surface area contributed by atoms with E-state index in [9.17, 15) is 0 Å². The van der Waals surface area contributed by atoms with Crippen molar-refractivity contribution < 1.29 is 0 Å². The van der Waals surface area contributed by atoms with E-state index in [2.05, 4.69) is 41.3 Å².